The van der Waals surface area contributed by atoms with Gasteiger partial charge in [0.05, 0.1) is 5.69 Å². The van der Waals surface area contributed by atoms with E-state index in [-0.39, 0.29) is 5.41 Å². The van der Waals surface area contributed by atoms with Crippen molar-refractivity contribution in [3.8, 4) is 5.75 Å². The number of anilines is 1. The van der Waals surface area contributed by atoms with E-state index in [1.54, 1.807) is 11.3 Å². The number of aryl methyl sites for hydroxylation is 2. The van der Waals surface area contributed by atoms with Gasteiger partial charge in [0.25, 0.3) is 0 Å². The Morgan fingerprint density at radius 2 is 1.80 bits per heavy atom. The average molecular weight is 290 g/mol. The molecular weight excluding hydrogens is 268 g/mol. The minimum atomic E-state index is 0.0851. The molecule has 4 heteroatoms. The van der Waals surface area contributed by atoms with Crippen LogP contribution in [0.3, 0.4) is 0 Å². The van der Waals surface area contributed by atoms with E-state index >= 15 is 0 Å². The number of nitrogen functional groups attached to an aromatic ring is 1. The van der Waals surface area contributed by atoms with Crippen LogP contribution in [0.4, 0.5) is 5.69 Å². The van der Waals surface area contributed by atoms with Crippen molar-refractivity contribution < 1.29 is 4.74 Å². The summed E-state index contributed by atoms with van der Waals surface area (Å²) >= 11 is 1.65. The molecule has 0 saturated carbocycles. The summed E-state index contributed by atoms with van der Waals surface area (Å²) in [5.74, 6) is 0.909. The molecular formula is C16H22N2OS. The van der Waals surface area contributed by atoms with Gasteiger partial charge < -0.3 is 10.5 Å². The van der Waals surface area contributed by atoms with E-state index in [2.05, 4.69) is 31.1 Å². The van der Waals surface area contributed by atoms with Crippen LogP contribution in [0.15, 0.2) is 17.5 Å². The zero-order chi connectivity index (χ0) is 14.9. The Labute approximate surface area is 124 Å². The summed E-state index contributed by atoms with van der Waals surface area (Å²) in [4.78, 5) is 4.64. The monoisotopic (exact) mass is 290 g/mol. The number of ether oxygens (including phenoxy) is 1. The fourth-order valence-corrected chi connectivity index (χ4v) is 3.00. The third-order valence-corrected chi connectivity index (χ3v) is 3.97. The maximum absolute atomic E-state index is 5.93. The van der Waals surface area contributed by atoms with Crippen molar-refractivity contribution in [2.24, 2.45) is 0 Å². The Bertz CT molecular complexity index is 588. The molecule has 0 radical (unpaired) electrons. The number of nitrogens with two attached hydrogens (primary N) is 1. The molecule has 0 aliphatic carbocycles. The van der Waals surface area contributed by atoms with Gasteiger partial charge in [0.1, 0.15) is 17.4 Å². The molecule has 1 aromatic heterocycles. The highest BCUT2D eigenvalue weighted by atomic mass is 32.1. The lowest BCUT2D eigenvalue weighted by Crippen LogP contribution is -2.11. The van der Waals surface area contributed by atoms with Crippen LogP contribution in [0.25, 0.3) is 0 Å². The quantitative estimate of drug-likeness (QED) is 0.861. The fraction of sp³-hybridized carbons (Fsp3) is 0.438. The predicted octanol–water partition coefficient (Wildman–Crippen LogP) is 4.22. The molecule has 0 aliphatic rings. The van der Waals surface area contributed by atoms with Gasteiger partial charge in [-0.15, -0.1) is 11.3 Å². The molecule has 2 rings (SSSR count). The largest absolute Gasteiger partial charge is 0.486 e. The molecule has 1 aromatic carbocycles. The van der Waals surface area contributed by atoms with Gasteiger partial charge in [0.15, 0.2) is 0 Å². The van der Waals surface area contributed by atoms with Crippen molar-refractivity contribution in [2.45, 2.75) is 46.6 Å². The molecule has 0 saturated heterocycles. The predicted molar refractivity (Wildman–Crippen MR) is 85.5 cm³/mol. The van der Waals surface area contributed by atoms with Crippen LogP contribution in [0.5, 0.6) is 5.75 Å². The fourth-order valence-electron chi connectivity index (χ4n) is 2.07. The Balaban J connectivity index is 2.12. The summed E-state index contributed by atoms with van der Waals surface area (Å²) in [5.41, 5.74) is 9.93. The van der Waals surface area contributed by atoms with Crippen molar-refractivity contribution in [3.63, 3.8) is 0 Å². The normalized spacial score (nSPS) is 11.7. The highest BCUT2D eigenvalue weighted by Gasteiger charge is 2.17. The standard InChI is InChI=1S/C16H22N2OS/c1-10-6-12(17)7-11(2)15(10)19-8-14-18-13(9-20-14)16(3,4)5/h6-7,9H,8,17H2,1-5H3. The second kappa shape index (κ2) is 5.44. The lowest BCUT2D eigenvalue weighted by Gasteiger charge is -2.14. The van der Waals surface area contributed by atoms with E-state index in [4.69, 9.17) is 10.5 Å². The van der Waals surface area contributed by atoms with Crippen LogP contribution < -0.4 is 10.5 Å². The third-order valence-electron chi connectivity index (χ3n) is 3.14. The molecule has 1 heterocycles. The van der Waals surface area contributed by atoms with Gasteiger partial charge in [0, 0.05) is 16.5 Å². The van der Waals surface area contributed by atoms with Crippen LogP contribution in [0.1, 0.15) is 42.6 Å². The first-order chi connectivity index (χ1) is 9.27. The van der Waals surface area contributed by atoms with Gasteiger partial charge in [-0.05, 0) is 37.1 Å². The molecule has 0 unspecified atom stereocenters. The summed E-state index contributed by atoms with van der Waals surface area (Å²) in [7, 11) is 0. The molecule has 108 valence electrons. The molecule has 0 aliphatic heterocycles. The smallest absolute Gasteiger partial charge is 0.140 e. The number of hydrogen-bond donors (Lipinski definition) is 1. The lowest BCUT2D eigenvalue weighted by atomic mass is 9.93. The topological polar surface area (TPSA) is 48.1 Å². The molecule has 20 heavy (non-hydrogen) atoms. The van der Waals surface area contributed by atoms with E-state index in [0.717, 1.165) is 33.3 Å². The number of thiazole rings is 1. The van der Waals surface area contributed by atoms with E-state index < -0.39 is 0 Å². The third kappa shape index (κ3) is 3.31. The minimum absolute atomic E-state index is 0.0851. The summed E-state index contributed by atoms with van der Waals surface area (Å²) in [6.07, 6.45) is 0. The van der Waals surface area contributed by atoms with Crippen LogP contribution >= 0.6 is 11.3 Å². The first-order valence-corrected chi connectivity index (χ1v) is 7.60. The maximum Gasteiger partial charge on any atom is 0.140 e. The van der Waals surface area contributed by atoms with Gasteiger partial charge in [-0.2, -0.15) is 0 Å². The Morgan fingerprint density at radius 1 is 1.20 bits per heavy atom. The molecule has 0 fully saturated rings. The van der Waals surface area contributed by atoms with E-state index in [1.165, 1.54) is 0 Å². The van der Waals surface area contributed by atoms with Crippen LogP contribution in [0, 0.1) is 13.8 Å². The SMILES string of the molecule is Cc1cc(N)cc(C)c1OCc1nc(C(C)(C)C)cs1. The van der Waals surface area contributed by atoms with Crippen molar-refractivity contribution >= 4 is 17.0 Å². The molecule has 2 aromatic rings. The summed E-state index contributed by atoms with van der Waals surface area (Å²) in [6, 6.07) is 3.87. The van der Waals surface area contributed by atoms with Crippen LogP contribution in [-0.4, -0.2) is 4.98 Å². The Hall–Kier alpha value is -1.55. The van der Waals surface area contributed by atoms with E-state index in [9.17, 15) is 0 Å². The zero-order valence-corrected chi connectivity index (χ0v) is 13.6. The summed E-state index contributed by atoms with van der Waals surface area (Å²) < 4.78 is 5.93. The molecule has 3 nitrogen and oxygen atoms in total. The highest BCUT2D eigenvalue weighted by molar-refractivity contribution is 7.09. The number of hydrogen-bond acceptors (Lipinski definition) is 4. The number of rotatable bonds is 3. The first kappa shape index (κ1) is 14.9. The minimum Gasteiger partial charge on any atom is -0.486 e. The van der Waals surface area contributed by atoms with Crippen LogP contribution in [0.2, 0.25) is 0 Å². The highest BCUT2D eigenvalue weighted by Crippen LogP contribution is 2.28. The second-order valence-corrected chi connectivity index (χ2v) is 7.09. The van der Waals surface area contributed by atoms with Crippen molar-refractivity contribution in [1.82, 2.24) is 4.98 Å². The molecule has 0 atom stereocenters. The number of benzene rings is 1. The number of nitrogens with zero attached hydrogens (tertiary/aromatic N) is 1. The summed E-state index contributed by atoms with van der Waals surface area (Å²) in [5, 5.41) is 3.12. The summed E-state index contributed by atoms with van der Waals surface area (Å²) in [6.45, 7) is 11.0. The van der Waals surface area contributed by atoms with E-state index in [1.807, 2.05) is 26.0 Å². The number of aromatic nitrogens is 1. The average Bonchev–Trinajstić information content (AvgIpc) is 2.75. The van der Waals surface area contributed by atoms with Crippen molar-refractivity contribution in [3.05, 3.63) is 39.3 Å². The Kier molecular flexibility index (Phi) is 4.04. The van der Waals surface area contributed by atoms with Gasteiger partial charge in [-0.25, -0.2) is 4.98 Å². The maximum atomic E-state index is 5.93. The van der Waals surface area contributed by atoms with Crippen LogP contribution in [-0.2, 0) is 12.0 Å². The Morgan fingerprint density at radius 3 is 2.30 bits per heavy atom. The molecule has 0 bridgehead atoms. The van der Waals surface area contributed by atoms with Gasteiger partial charge in [-0.3, -0.25) is 0 Å². The lowest BCUT2D eigenvalue weighted by molar-refractivity contribution is 0.300. The zero-order valence-electron chi connectivity index (χ0n) is 12.8. The molecule has 0 spiro atoms. The molecule has 0 amide bonds. The van der Waals surface area contributed by atoms with Crippen molar-refractivity contribution in [1.29, 1.82) is 0 Å². The van der Waals surface area contributed by atoms with Gasteiger partial charge >= 0.3 is 0 Å². The first-order valence-electron chi connectivity index (χ1n) is 6.72. The van der Waals surface area contributed by atoms with E-state index in [0.29, 0.717) is 6.61 Å². The van der Waals surface area contributed by atoms with Crippen molar-refractivity contribution in [2.75, 3.05) is 5.73 Å². The second-order valence-electron chi connectivity index (χ2n) is 6.15. The van der Waals surface area contributed by atoms with Gasteiger partial charge in [0.2, 0.25) is 0 Å². The van der Waals surface area contributed by atoms with Gasteiger partial charge in [-0.1, -0.05) is 20.8 Å². The molecule has 2 N–H and O–H groups in total.